The van der Waals surface area contributed by atoms with E-state index in [4.69, 9.17) is 0 Å². The van der Waals surface area contributed by atoms with Gasteiger partial charge in [-0.05, 0) is 25.3 Å². The summed E-state index contributed by atoms with van der Waals surface area (Å²) in [5, 5.41) is 7.68. The number of nitriles is 1. The number of aromatic nitrogens is 3. The lowest BCUT2D eigenvalue weighted by Crippen LogP contribution is -2.10. The molecule has 1 aliphatic carbocycles. The van der Waals surface area contributed by atoms with Crippen LogP contribution in [0.4, 0.5) is 4.39 Å². The molecule has 0 spiro atoms. The van der Waals surface area contributed by atoms with Gasteiger partial charge in [-0.25, -0.2) is 9.37 Å². The van der Waals surface area contributed by atoms with Gasteiger partial charge in [0, 0.05) is 11.8 Å². The molecule has 4 nitrogen and oxygen atoms in total. The van der Waals surface area contributed by atoms with Crippen molar-refractivity contribution in [1.82, 2.24) is 14.4 Å². The van der Waals surface area contributed by atoms with Crippen molar-refractivity contribution < 1.29 is 4.39 Å². The zero-order valence-corrected chi connectivity index (χ0v) is 14.4. The van der Waals surface area contributed by atoms with Crippen molar-refractivity contribution in [3.63, 3.8) is 0 Å². The number of nitrogens with zero attached hydrogens (tertiary/aromatic N) is 4. The lowest BCUT2D eigenvalue weighted by Gasteiger charge is -2.13. The largest absolute Gasteiger partial charge is 0.297 e. The Morgan fingerprint density at radius 3 is 2.50 bits per heavy atom. The van der Waals surface area contributed by atoms with Gasteiger partial charge in [-0.3, -0.25) is 9.38 Å². The summed E-state index contributed by atoms with van der Waals surface area (Å²) >= 11 is 0. The van der Waals surface area contributed by atoms with Crippen molar-refractivity contribution >= 4 is 14.8 Å². The lowest BCUT2D eigenvalue weighted by molar-refractivity contribution is 0.306. The van der Waals surface area contributed by atoms with Crippen LogP contribution in [0, 0.1) is 11.3 Å². The normalized spacial score (nSPS) is 18.1. The highest BCUT2D eigenvalue weighted by Crippen LogP contribution is 2.47. The van der Waals surface area contributed by atoms with Gasteiger partial charge in [-0.15, -0.1) is 0 Å². The highest BCUT2D eigenvalue weighted by molar-refractivity contribution is 7.18. The van der Waals surface area contributed by atoms with E-state index < -0.39 is 5.41 Å². The molecule has 0 radical (unpaired) electrons. The quantitative estimate of drug-likeness (QED) is 0.679. The number of benzene rings is 1. The molecule has 0 aliphatic heterocycles. The molecular weight excluding hydrogens is 322 g/mol. The van der Waals surface area contributed by atoms with Crippen LogP contribution in [0.5, 0.6) is 0 Å². The maximum Gasteiger partial charge on any atom is 0.178 e. The van der Waals surface area contributed by atoms with Gasteiger partial charge in [0.1, 0.15) is 0 Å². The maximum absolute atomic E-state index is 14.3. The fourth-order valence-electron chi connectivity index (χ4n) is 2.96. The molecule has 0 N–H and O–H groups in total. The summed E-state index contributed by atoms with van der Waals surface area (Å²) in [6.45, 7) is 1.46. The summed E-state index contributed by atoms with van der Waals surface area (Å²) in [4.78, 5) is 8.60. The Morgan fingerprint density at radius 1 is 1.25 bits per heavy atom. The Hall–Kier alpha value is -2.31. The van der Waals surface area contributed by atoms with Gasteiger partial charge in [-0.2, -0.15) is 5.26 Å². The topological polar surface area (TPSA) is 54.0 Å². The average molecular weight is 338 g/mol. The number of halogens is 1. The van der Waals surface area contributed by atoms with E-state index in [1.165, 1.54) is 6.92 Å². The summed E-state index contributed by atoms with van der Waals surface area (Å²) in [7, 11) is 2.17. The molecule has 0 saturated heterocycles. The second-order valence-electron chi connectivity index (χ2n) is 6.50. The van der Waals surface area contributed by atoms with Crippen LogP contribution >= 0.6 is 9.24 Å². The van der Waals surface area contributed by atoms with Gasteiger partial charge < -0.3 is 0 Å². The van der Waals surface area contributed by atoms with Crippen LogP contribution < -0.4 is 0 Å². The first-order valence-corrected chi connectivity index (χ1v) is 8.34. The Morgan fingerprint density at radius 2 is 1.92 bits per heavy atom. The van der Waals surface area contributed by atoms with E-state index >= 15 is 0 Å². The summed E-state index contributed by atoms with van der Waals surface area (Å²) in [5.41, 5.74) is 3.18. The molecule has 6 heteroatoms. The van der Waals surface area contributed by atoms with Crippen LogP contribution in [0.25, 0.3) is 16.8 Å². The molecule has 24 heavy (non-hydrogen) atoms. The van der Waals surface area contributed by atoms with Crippen molar-refractivity contribution in [3.05, 3.63) is 54.2 Å². The molecule has 0 amide bonds. The third kappa shape index (κ3) is 2.39. The van der Waals surface area contributed by atoms with Crippen LogP contribution in [0.15, 0.2) is 42.9 Å². The molecule has 2 heterocycles. The minimum absolute atomic E-state index is 0.289. The number of rotatable bonds is 3. The lowest BCUT2D eigenvalue weighted by atomic mass is 9.96. The Kier molecular flexibility index (Phi) is 3.23. The molecule has 3 aromatic rings. The fraction of sp³-hybridized carbons (Fsp3) is 0.278. The van der Waals surface area contributed by atoms with E-state index in [1.54, 1.807) is 23.0 Å². The SMILES string of the molecule is CC(F)(P)c1ncc2cnc(-c3ccc(C4(C#N)CC4)cc3)cn12. The molecule has 2 aromatic heterocycles. The first-order chi connectivity index (χ1) is 11.4. The van der Waals surface area contributed by atoms with E-state index in [0.717, 1.165) is 35.2 Å². The van der Waals surface area contributed by atoms with Crippen LogP contribution in [-0.2, 0) is 10.8 Å². The summed E-state index contributed by atoms with van der Waals surface area (Å²) in [6.07, 6.45) is 6.95. The van der Waals surface area contributed by atoms with Crippen LogP contribution in [0.1, 0.15) is 31.2 Å². The number of imidazole rings is 1. The van der Waals surface area contributed by atoms with Crippen molar-refractivity contribution in [3.8, 4) is 17.3 Å². The molecule has 1 saturated carbocycles. The van der Waals surface area contributed by atoms with E-state index in [9.17, 15) is 9.65 Å². The predicted molar refractivity (Wildman–Crippen MR) is 93.1 cm³/mol. The number of hydrogen-bond acceptors (Lipinski definition) is 3. The van der Waals surface area contributed by atoms with E-state index in [2.05, 4.69) is 25.3 Å². The highest BCUT2D eigenvalue weighted by Gasteiger charge is 2.44. The molecule has 1 aliphatic rings. The predicted octanol–water partition coefficient (Wildman–Crippen LogP) is 3.97. The van der Waals surface area contributed by atoms with Gasteiger partial charge in [-0.1, -0.05) is 33.5 Å². The van der Waals surface area contributed by atoms with E-state index in [-0.39, 0.29) is 5.41 Å². The van der Waals surface area contributed by atoms with Gasteiger partial charge >= 0.3 is 0 Å². The molecular formula is C18H16FN4P. The summed E-state index contributed by atoms with van der Waals surface area (Å²) in [5.74, 6) is 0.323. The zero-order valence-electron chi connectivity index (χ0n) is 13.2. The maximum atomic E-state index is 14.3. The van der Waals surface area contributed by atoms with Crippen molar-refractivity contribution in [1.29, 1.82) is 5.26 Å². The summed E-state index contributed by atoms with van der Waals surface area (Å²) in [6, 6.07) is 10.3. The van der Waals surface area contributed by atoms with Crippen molar-refractivity contribution in [2.24, 2.45) is 0 Å². The van der Waals surface area contributed by atoms with Crippen LogP contribution in [0.2, 0.25) is 0 Å². The third-order valence-electron chi connectivity index (χ3n) is 4.55. The molecule has 2 unspecified atom stereocenters. The number of alkyl halides is 1. The Bertz CT molecular complexity index is 959. The number of fused-ring (bicyclic) bond motifs is 1. The van der Waals surface area contributed by atoms with Gasteiger partial charge in [0.05, 0.1) is 35.1 Å². The Labute approximate surface area is 141 Å². The third-order valence-corrected chi connectivity index (χ3v) is 4.81. The van der Waals surface area contributed by atoms with Gasteiger partial charge in [0.15, 0.2) is 11.2 Å². The second-order valence-corrected chi connectivity index (χ2v) is 7.58. The monoisotopic (exact) mass is 338 g/mol. The zero-order chi connectivity index (χ0) is 16.9. The molecule has 2 atom stereocenters. The average Bonchev–Trinajstić information content (AvgIpc) is 3.25. The van der Waals surface area contributed by atoms with Crippen molar-refractivity contribution in [2.45, 2.75) is 30.6 Å². The second kappa shape index (κ2) is 5.09. The minimum atomic E-state index is -1.61. The van der Waals surface area contributed by atoms with Crippen LogP contribution in [0.3, 0.4) is 0 Å². The van der Waals surface area contributed by atoms with Crippen molar-refractivity contribution in [2.75, 3.05) is 0 Å². The van der Waals surface area contributed by atoms with Gasteiger partial charge in [0.25, 0.3) is 0 Å². The van der Waals surface area contributed by atoms with E-state index in [0.29, 0.717) is 5.82 Å². The number of hydrogen-bond donors (Lipinski definition) is 0. The summed E-state index contributed by atoms with van der Waals surface area (Å²) < 4.78 is 16.0. The molecule has 1 fully saturated rings. The fourth-order valence-corrected chi connectivity index (χ4v) is 3.17. The molecule has 0 bridgehead atoms. The Balaban J connectivity index is 1.75. The van der Waals surface area contributed by atoms with E-state index in [1.807, 2.05) is 24.3 Å². The standard InChI is InChI=1S/C18H16FN4P/c1-17(19,24)16-22-9-14-8-21-15(10-23(14)16)12-2-4-13(5-3-12)18(11-20)6-7-18/h2-5,8-10H,6-7,24H2,1H3. The molecule has 4 rings (SSSR count). The van der Waals surface area contributed by atoms with Crippen LogP contribution in [-0.4, -0.2) is 14.4 Å². The highest BCUT2D eigenvalue weighted by atomic mass is 31.0. The first-order valence-electron chi connectivity index (χ1n) is 7.76. The molecule has 120 valence electrons. The van der Waals surface area contributed by atoms with Gasteiger partial charge in [0.2, 0.25) is 0 Å². The smallest absolute Gasteiger partial charge is 0.178 e. The minimum Gasteiger partial charge on any atom is -0.297 e. The molecule has 1 aromatic carbocycles. The first kappa shape index (κ1) is 15.2.